The van der Waals surface area contributed by atoms with Crippen molar-refractivity contribution >= 4 is 39.6 Å². The van der Waals surface area contributed by atoms with E-state index in [-0.39, 0.29) is 23.3 Å². The molecule has 3 aromatic rings. The number of hydrogen-bond acceptors (Lipinski definition) is 5. The highest BCUT2D eigenvalue weighted by atomic mass is 32.2. The van der Waals surface area contributed by atoms with Crippen LogP contribution in [-0.4, -0.2) is 38.9 Å². The summed E-state index contributed by atoms with van der Waals surface area (Å²) >= 11 is 1.30. The number of hydrogen-bond donors (Lipinski definition) is 1. The van der Waals surface area contributed by atoms with E-state index in [1.165, 1.54) is 35.6 Å². The van der Waals surface area contributed by atoms with Crippen molar-refractivity contribution in [2.45, 2.75) is 43.3 Å². The van der Waals surface area contributed by atoms with Crippen molar-refractivity contribution in [2.75, 3.05) is 12.9 Å². The number of aromatic nitrogens is 3. The third kappa shape index (κ3) is 3.73. The topological polar surface area (TPSA) is 78.2 Å². The van der Waals surface area contributed by atoms with Gasteiger partial charge in [0.15, 0.2) is 5.16 Å². The van der Waals surface area contributed by atoms with Gasteiger partial charge in [-0.15, -0.1) is 0 Å². The minimum atomic E-state index is -0.122. The van der Waals surface area contributed by atoms with Crippen LogP contribution >= 0.6 is 11.8 Å². The molecule has 1 fully saturated rings. The van der Waals surface area contributed by atoms with Crippen LogP contribution in [-0.2, 0) is 18.9 Å². The Morgan fingerprint density at radius 2 is 2.00 bits per heavy atom. The second-order valence-electron chi connectivity index (χ2n) is 7.59. The van der Waals surface area contributed by atoms with E-state index in [4.69, 9.17) is 9.72 Å². The first-order valence-corrected chi connectivity index (χ1v) is 10.9. The lowest BCUT2D eigenvalue weighted by atomic mass is 9.95. The summed E-state index contributed by atoms with van der Waals surface area (Å²) in [5, 5.41) is 4.52. The first kappa shape index (κ1) is 19.8. The van der Waals surface area contributed by atoms with E-state index < -0.39 is 0 Å². The summed E-state index contributed by atoms with van der Waals surface area (Å²) < 4.78 is 8.73. The van der Waals surface area contributed by atoms with Gasteiger partial charge in [0.25, 0.3) is 5.56 Å². The summed E-state index contributed by atoms with van der Waals surface area (Å²) in [5.74, 6) is 0.959. The first-order chi connectivity index (χ1) is 14.0. The number of thioether (sulfide) groups is 1. The quantitative estimate of drug-likeness (QED) is 0.513. The van der Waals surface area contributed by atoms with E-state index in [9.17, 15) is 9.59 Å². The molecule has 0 saturated heterocycles. The molecule has 4 rings (SSSR count). The Morgan fingerprint density at radius 1 is 1.24 bits per heavy atom. The van der Waals surface area contributed by atoms with E-state index >= 15 is 0 Å². The number of amides is 1. The highest BCUT2D eigenvalue weighted by Crippen LogP contribution is 2.29. The van der Waals surface area contributed by atoms with Gasteiger partial charge in [-0.3, -0.25) is 14.2 Å². The number of benzene rings is 1. The number of nitrogens with zero attached hydrogens (tertiary/aromatic N) is 3. The van der Waals surface area contributed by atoms with Gasteiger partial charge >= 0.3 is 0 Å². The van der Waals surface area contributed by atoms with Gasteiger partial charge < -0.3 is 14.6 Å². The number of nitrogens with one attached hydrogen (secondary N) is 1. The summed E-state index contributed by atoms with van der Waals surface area (Å²) in [6.07, 6.45) is 5.71. The van der Waals surface area contributed by atoms with Gasteiger partial charge in [-0.2, -0.15) is 0 Å². The van der Waals surface area contributed by atoms with Crippen molar-refractivity contribution in [3.05, 3.63) is 28.6 Å². The Hall–Kier alpha value is -2.48. The molecule has 1 aliphatic rings. The van der Waals surface area contributed by atoms with E-state index in [1.807, 2.05) is 29.8 Å². The second kappa shape index (κ2) is 8.10. The number of aryl methyl sites for hydroxylation is 1. The summed E-state index contributed by atoms with van der Waals surface area (Å²) in [4.78, 5) is 30.1. The zero-order valence-electron chi connectivity index (χ0n) is 17.0. The molecule has 0 radical (unpaired) electrons. The van der Waals surface area contributed by atoms with Crippen LogP contribution in [0.15, 0.2) is 28.2 Å². The lowest BCUT2D eigenvalue weighted by molar-refractivity contribution is -0.119. The van der Waals surface area contributed by atoms with Crippen molar-refractivity contribution in [3.8, 4) is 5.75 Å². The minimum absolute atomic E-state index is 0.00386. The van der Waals surface area contributed by atoms with E-state index in [1.54, 1.807) is 14.2 Å². The van der Waals surface area contributed by atoms with E-state index in [2.05, 4.69) is 5.32 Å². The van der Waals surface area contributed by atoms with Crippen LogP contribution < -0.4 is 15.6 Å². The number of fused-ring (bicyclic) bond motifs is 3. The lowest BCUT2D eigenvalue weighted by Gasteiger charge is -2.22. The molecule has 1 saturated carbocycles. The molecule has 7 nitrogen and oxygen atoms in total. The minimum Gasteiger partial charge on any atom is -0.497 e. The van der Waals surface area contributed by atoms with Crippen LogP contribution in [0.2, 0.25) is 0 Å². The van der Waals surface area contributed by atoms with Gasteiger partial charge in [0.1, 0.15) is 16.8 Å². The summed E-state index contributed by atoms with van der Waals surface area (Å²) in [7, 11) is 5.18. The Bertz CT molecular complexity index is 1130. The molecule has 0 bridgehead atoms. The Kier molecular flexibility index (Phi) is 5.54. The number of carbonyl (C=O) groups excluding carboxylic acids is 1. The molecule has 0 spiro atoms. The van der Waals surface area contributed by atoms with Crippen LogP contribution in [0.5, 0.6) is 5.75 Å². The number of methoxy groups -OCH3 is 1. The molecule has 8 heteroatoms. The zero-order chi connectivity index (χ0) is 20.5. The molecular weight excluding hydrogens is 388 g/mol. The number of ether oxygens (including phenoxy) is 1. The van der Waals surface area contributed by atoms with Crippen molar-refractivity contribution in [3.63, 3.8) is 0 Å². The van der Waals surface area contributed by atoms with Gasteiger partial charge in [-0.25, -0.2) is 4.98 Å². The molecule has 2 heterocycles. The average Bonchev–Trinajstić information content (AvgIpc) is 3.01. The molecule has 0 atom stereocenters. The van der Waals surface area contributed by atoms with E-state index in [0.29, 0.717) is 21.9 Å². The SMILES string of the molecule is COc1ccc2c(c1)c1nc(SCC(=O)NC3CCCCC3)n(C)c(=O)c1n2C. The standard InChI is InChI=1S/C21H26N4O3S/c1-24-16-10-9-14(28-3)11-15(16)18-19(24)20(27)25(2)21(23-18)29-12-17(26)22-13-7-5-4-6-8-13/h9-11,13H,4-8,12H2,1-3H3,(H,22,26). The summed E-state index contributed by atoms with van der Waals surface area (Å²) in [5.41, 5.74) is 1.98. The number of carbonyl (C=O) groups is 1. The van der Waals surface area contributed by atoms with Crippen molar-refractivity contribution in [1.29, 1.82) is 0 Å². The predicted molar refractivity (Wildman–Crippen MR) is 116 cm³/mol. The van der Waals surface area contributed by atoms with Gasteiger partial charge in [0.2, 0.25) is 5.91 Å². The highest BCUT2D eigenvalue weighted by Gasteiger charge is 2.19. The maximum Gasteiger partial charge on any atom is 0.278 e. The molecule has 1 amide bonds. The second-order valence-corrected chi connectivity index (χ2v) is 8.53. The largest absolute Gasteiger partial charge is 0.497 e. The van der Waals surface area contributed by atoms with E-state index in [0.717, 1.165) is 23.7 Å². The van der Waals surface area contributed by atoms with Gasteiger partial charge in [-0.1, -0.05) is 31.0 Å². The molecule has 1 aromatic carbocycles. The maximum atomic E-state index is 13.0. The fourth-order valence-corrected chi connectivity index (χ4v) is 4.86. The normalized spacial score (nSPS) is 15.1. The van der Waals surface area contributed by atoms with Crippen molar-refractivity contribution in [2.24, 2.45) is 14.1 Å². The van der Waals surface area contributed by atoms with Crippen LogP contribution in [0.25, 0.3) is 21.9 Å². The maximum absolute atomic E-state index is 13.0. The smallest absolute Gasteiger partial charge is 0.278 e. The Labute approximate surface area is 173 Å². The third-order valence-corrected chi connectivity index (χ3v) is 6.71. The van der Waals surface area contributed by atoms with Crippen LogP contribution in [0.1, 0.15) is 32.1 Å². The molecule has 1 aliphatic carbocycles. The van der Waals surface area contributed by atoms with Gasteiger partial charge in [0, 0.05) is 25.5 Å². The van der Waals surface area contributed by atoms with Gasteiger partial charge in [-0.05, 0) is 31.0 Å². The third-order valence-electron chi connectivity index (χ3n) is 5.68. The van der Waals surface area contributed by atoms with Gasteiger partial charge in [0.05, 0.1) is 18.4 Å². The summed E-state index contributed by atoms with van der Waals surface area (Å²) in [6, 6.07) is 5.98. The first-order valence-electron chi connectivity index (χ1n) is 9.95. The molecular formula is C21H26N4O3S. The molecule has 0 aliphatic heterocycles. The fraction of sp³-hybridized carbons (Fsp3) is 0.476. The zero-order valence-corrected chi connectivity index (χ0v) is 17.8. The molecule has 154 valence electrons. The van der Waals surface area contributed by atoms with Crippen molar-refractivity contribution < 1.29 is 9.53 Å². The highest BCUT2D eigenvalue weighted by molar-refractivity contribution is 7.99. The van der Waals surface area contributed by atoms with Crippen molar-refractivity contribution in [1.82, 2.24) is 19.4 Å². The van der Waals surface area contributed by atoms with Crippen LogP contribution in [0.4, 0.5) is 0 Å². The summed E-state index contributed by atoms with van der Waals surface area (Å²) in [6.45, 7) is 0. The average molecular weight is 415 g/mol. The monoisotopic (exact) mass is 414 g/mol. The molecule has 29 heavy (non-hydrogen) atoms. The number of rotatable bonds is 5. The molecule has 0 unspecified atom stereocenters. The Balaban J connectivity index is 1.64. The molecule has 1 N–H and O–H groups in total. The predicted octanol–water partition coefficient (Wildman–Crippen LogP) is 2.97. The molecule has 2 aromatic heterocycles. The van der Waals surface area contributed by atoms with Crippen LogP contribution in [0, 0.1) is 0 Å². The Morgan fingerprint density at radius 3 is 2.72 bits per heavy atom. The fourth-order valence-electron chi connectivity index (χ4n) is 4.08. The lowest BCUT2D eigenvalue weighted by Crippen LogP contribution is -2.37. The van der Waals surface area contributed by atoms with Crippen LogP contribution in [0.3, 0.4) is 0 Å².